The highest BCUT2D eigenvalue weighted by atomic mass is 32.2. The van der Waals surface area contributed by atoms with Crippen molar-refractivity contribution in [3.05, 3.63) is 24.3 Å². The summed E-state index contributed by atoms with van der Waals surface area (Å²) < 4.78 is 11.4. The lowest BCUT2D eigenvalue weighted by Crippen LogP contribution is -2.30. The molecule has 1 N–H and O–H groups in total. The highest BCUT2D eigenvalue weighted by molar-refractivity contribution is 7.99. The van der Waals surface area contributed by atoms with Crippen LogP contribution in [0.3, 0.4) is 0 Å². The van der Waals surface area contributed by atoms with Crippen molar-refractivity contribution in [2.75, 3.05) is 25.5 Å². The second kappa shape index (κ2) is 9.21. The van der Waals surface area contributed by atoms with Gasteiger partial charge in [0.2, 0.25) is 0 Å². The second-order valence-electron chi connectivity index (χ2n) is 5.27. The molecule has 0 heterocycles. The molecule has 0 spiro atoms. The first-order valence-corrected chi connectivity index (χ1v) is 9.08. The van der Waals surface area contributed by atoms with E-state index < -0.39 is 0 Å². The largest absolute Gasteiger partial charge is 0.490 e. The van der Waals surface area contributed by atoms with Crippen molar-refractivity contribution in [2.45, 2.75) is 44.4 Å². The van der Waals surface area contributed by atoms with Crippen molar-refractivity contribution in [3.63, 3.8) is 0 Å². The van der Waals surface area contributed by atoms with Crippen LogP contribution in [0.15, 0.2) is 24.3 Å². The van der Waals surface area contributed by atoms with E-state index in [1.165, 1.54) is 25.0 Å². The molecule has 0 aliphatic heterocycles. The summed E-state index contributed by atoms with van der Waals surface area (Å²) in [4.78, 5) is 0. The summed E-state index contributed by atoms with van der Waals surface area (Å²) in [6.45, 7) is 6.48. The smallest absolute Gasteiger partial charge is 0.161 e. The minimum absolute atomic E-state index is 0.664. The summed E-state index contributed by atoms with van der Waals surface area (Å²) in [7, 11) is 0. The van der Waals surface area contributed by atoms with Gasteiger partial charge in [-0.1, -0.05) is 19.1 Å². The molecule has 0 amide bonds. The fourth-order valence-electron chi connectivity index (χ4n) is 2.78. The fraction of sp³-hybridized carbons (Fsp3) is 0.647. The molecule has 1 aromatic carbocycles. The molecule has 1 aromatic rings. The molecule has 1 fully saturated rings. The number of thioether (sulfide) groups is 1. The molecule has 1 aliphatic rings. The third-order valence-electron chi connectivity index (χ3n) is 3.73. The molecule has 0 aromatic heterocycles. The Labute approximate surface area is 132 Å². The summed E-state index contributed by atoms with van der Waals surface area (Å²) >= 11 is 2.10. The van der Waals surface area contributed by atoms with E-state index >= 15 is 0 Å². The molecular formula is C17H27NO2S. The third-order valence-corrected chi connectivity index (χ3v) is 4.96. The summed E-state index contributed by atoms with van der Waals surface area (Å²) in [5.41, 5.74) is 0. The maximum atomic E-state index is 5.83. The Balaban J connectivity index is 1.66. The zero-order valence-electron chi connectivity index (χ0n) is 13.1. The van der Waals surface area contributed by atoms with Crippen molar-refractivity contribution < 1.29 is 9.47 Å². The number of hydrogen-bond acceptors (Lipinski definition) is 4. The van der Waals surface area contributed by atoms with Crippen LogP contribution < -0.4 is 14.8 Å². The van der Waals surface area contributed by atoms with Crippen molar-refractivity contribution >= 4 is 11.8 Å². The maximum Gasteiger partial charge on any atom is 0.161 e. The Morgan fingerprint density at radius 3 is 2.62 bits per heavy atom. The highest BCUT2D eigenvalue weighted by Gasteiger charge is 2.23. The highest BCUT2D eigenvalue weighted by Crippen LogP contribution is 2.29. The molecule has 2 atom stereocenters. The van der Waals surface area contributed by atoms with Crippen LogP contribution in [0.5, 0.6) is 11.5 Å². The molecule has 2 rings (SSSR count). The van der Waals surface area contributed by atoms with Crippen molar-refractivity contribution in [1.29, 1.82) is 0 Å². The van der Waals surface area contributed by atoms with E-state index in [-0.39, 0.29) is 0 Å². The average molecular weight is 309 g/mol. The van der Waals surface area contributed by atoms with Crippen molar-refractivity contribution in [2.24, 2.45) is 0 Å². The fourth-order valence-corrected chi connectivity index (χ4v) is 3.92. The monoisotopic (exact) mass is 309 g/mol. The van der Waals surface area contributed by atoms with Gasteiger partial charge in [-0.15, -0.1) is 0 Å². The van der Waals surface area contributed by atoms with Crippen LogP contribution in [0.4, 0.5) is 0 Å². The van der Waals surface area contributed by atoms with Gasteiger partial charge in [0.05, 0.1) is 6.61 Å². The maximum absolute atomic E-state index is 5.83. The Morgan fingerprint density at radius 1 is 1.14 bits per heavy atom. The first-order valence-electron chi connectivity index (χ1n) is 8.03. The molecular weight excluding hydrogens is 282 g/mol. The zero-order chi connectivity index (χ0) is 14.9. The second-order valence-corrected chi connectivity index (χ2v) is 6.85. The van der Waals surface area contributed by atoms with Crippen LogP contribution in [-0.4, -0.2) is 36.8 Å². The van der Waals surface area contributed by atoms with Crippen LogP contribution in [0.2, 0.25) is 0 Å². The van der Waals surface area contributed by atoms with Crippen LogP contribution in [0, 0.1) is 0 Å². The van der Waals surface area contributed by atoms with Crippen molar-refractivity contribution in [3.8, 4) is 11.5 Å². The van der Waals surface area contributed by atoms with Crippen LogP contribution in [0.25, 0.3) is 0 Å². The number of rotatable bonds is 9. The van der Waals surface area contributed by atoms with Gasteiger partial charge in [0, 0.05) is 17.8 Å². The average Bonchev–Trinajstić information content (AvgIpc) is 2.93. The molecule has 21 heavy (non-hydrogen) atoms. The van der Waals surface area contributed by atoms with Gasteiger partial charge in [0.1, 0.15) is 6.61 Å². The predicted octanol–water partition coefficient (Wildman–Crippen LogP) is 3.73. The first-order chi connectivity index (χ1) is 10.3. The number of para-hydroxylation sites is 2. The zero-order valence-corrected chi connectivity index (χ0v) is 14.0. The van der Waals surface area contributed by atoms with Crippen LogP contribution >= 0.6 is 11.8 Å². The molecule has 0 saturated heterocycles. The van der Waals surface area contributed by atoms with Crippen molar-refractivity contribution in [1.82, 2.24) is 5.32 Å². The van der Waals surface area contributed by atoms with Gasteiger partial charge in [0.15, 0.2) is 11.5 Å². The Hall–Kier alpha value is -0.870. The van der Waals surface area contributed by atoms with Gasteiger partial charge in [-0.3, -0.25) is 0 Å². The van der Waals surface area contributed by atoms with Crippen LogP contribution in [-0.2, 0) is 0 Å². The van der Waals surface area contributed by atoms with Gasteiger partial charge in [-0.05, 0) is 44.1 Å². The van der Waals surface area contributed by atoms with E-state index in [1.807, 2.05) is 31.2 Å². The normalized spacial score (nSPS) is 21.4. The molecule has 0 radical (unpaired) electrons. The number of nitrogens with one attached hydrogen (secondary N) is 1. The topological polar surface area (TPSA) is 30.5 Å². The van der Waals surface area contributed by atoms with E-state index in [2.05, 4.69) is 24.0 Å². The lowest BCUT2D eigenvalue weighted by Gasteiger charge is -2.15. The first kappa shape index (κ1) is 16.5. The number of benzene rings is 1. The quantitative estimate of drug-likeness (QED) is 0.704. The number of hydrogen-bond donors (Lipinski definition) is 1. The molecule has 1 saturated carbocycles. The molecule has 1 aliphatic carbocycles. The molecule has 3 nitrogen and oxygen atoms in total. The summed E-state index contributed by atoms with van der Waals surface area (Å²) in [5.74, 6) is 2.90. The Morgan fingerprint density at radius 2 is 1.90 bits per heavy atom. The lowest BCUT2D eigenvalue weighted by atomic mass is 10.2. The summed E-state index contributed by atoms with van der Waals surface area (Å²) in [5, 5.41) is 4.47. The van der Waals surface area contributed by atoms with Crippen LogP contribution in [0.1, 0.15) is 33.1 Å². The Bertz CT molecular complexity index is 414. The van der Waals surface area contributed by atoms with E-state index in [0.29, 0.717) is 19.3 Å². The lowest BCUT2D eigenvalue weighted by molar-refractivity contribution is 0.272. The van der Waals surface area contributed by atoms with E-state index in [1.54, 1.807) is 0 Å². The standard InChI is InChI=1S/C17H27NO2S/c1-3-19-16-7-5-6-8-17(16)20-12-11-18-14-9-10-15(13-14)21-4-2/h5-8,14-15,18H,3-4,9-13H2,1-2H3. The van der Waals surface area contributed by atoms with Gasteiger partial charge in [-0.25, -0.2) is 0 Å². The summed E-state index contributed by atoms with van der Waals surface area (Å²) in [6.07, 6.45) is 3.95. The van der Waals surface area contributed by atoms with Gasteiger partial charge >= 0.3 is 0 Å². The van der Waals surface area contributed by atoms with E-state index in [4.69, 9.17) is 9.47 Å². The third kappa shape index (κ3) is 5.44. The van der Waals surface area contributed by atoms with Gasteiger partial charge < -0.3 is 14.8 Å². The molecule has 118 valence electrons. The molecule has 2 unspecified atom stereocenters. The SMILES string of the molecule is CCOc1ccccc1OCCNC1CCC(SCC)C1. The predicted molar refractivity (Wildman–Crippen MR) is 90.7 cm³/mol. The number of ether oxygens (including phenoxy) is 2. The Kier molecular flexibility index (Phi) is 7.24. The minimum atomic E-state index is 0.664. The van der Waals surface area contributed by atoms with Gasteiger partial charge in [-0.2, -0.15) is 11.8 Å². The van der Waals surface area contributed by atoms with E-state index in [9.17, 15) is 0 Å². The molecule has 0 bridgehead atoms. The van der Waals surface area contributed by atoms with Gasteiger partial charge in [0.25, 0.3) is 0 Å². The van der Waals surface area contributed by atoms with E-state index in [0.717, 1.165) is 23.3 Å². The summed E-state index contributed by atoms with van der Waals surface area (Å²) in [6, 6.07) is 8.54. The molecule has 4 heteroatoms. The minimum Gasteiger partial charge on any atom is -0.490 e.